The number of rotatable bonds is 0. The molecule has 15 heavy (non-hydrogen) atoms. The Kier molecular flexibility index (Phi) is 1.91. The standard InChI is InChI=1S/C14H14O/c1-10-4-6-12-11(9-10)5-7-14-13(12)3-2-8-15-14/h2,4-8,10H,3,9H2,1H3. The van der Waals surface area contributed by atoms with Crippen molar-refractivity contribution in [2.45, 2.75) is 19.8 Å². The summed E-state index contributed by atoms with van der Waals surface area (Å²) in [4.78, 5) is 0. The van der Waals surface area contributed by atoms with E-state index in [1.54, 1.807) is 6.26 Å². The predicted octanol–water partition coefficient (Wildman–Crippen LogP) is 3.34. The molecule has 0 saturated heterocycles. The molecule has 1 aliphatic heterocycles. The van der Waals surface area contributed by atoms with Crippen LogP contribution < -0.4 is 4.74 Å². The van der Waals surface area contributed by atoms with E-state index in [9.17, 15) is 0 Å². The molecule has 1 nitrogen and oxygen atoms in total. The second kappa shape index (κ2) is 3.27. The molecule has 0 spiro atoms. The molecular weight excluding hydrogens is 184 g/mol. The van der Waals surface area contributed by atoms with Gasteiger partial charge in [0.25, 0.3) is 0 Å². The third kappa shape index (κ3) is 1.39. The fourth-order valence-electron chi connectivity index (χ4n) is 2.36. The van der Waals surface area contributed by atoms with Crippen molar-refractivity contribution >= 4 is 6.08 Å². The van der Waals surface area contributed by atoms with Crippen LogP contribution in [0.25, 0.3) is 6.08 Å². The summed E-state index contributed by atoms with van der Waals surface area (Å²) in [6.45, 7) is 2.26. The fraction of sp³-hybridized carbons (Fsp3) is 0.286. The van der Waals surface area contributed by atoms with Crippen LogP contribution in [0.15, 0.2) is 30.5 Å². The van der Waals surface area contributed by atoms with Crippen molar-refractivity contribution in [2.75, 3.05) is 0 Å². The van der Waals surface area contributed by atoms with E-state index < -0.39 is 0 Å². The Hall–Kier alpha value is -1.50. The van der Waals surface area contributed by atoms with E-state index in [4.69, 9.17) is 4.74 Å². The van der Waals surface area contributed by atoms with Gasteiger partial charge in [0.2, 0.25) is 0 Å². The van der Waals surface area contributed by atoms with Gasteiger partial charge in [0, 0.05) is 5.56 Å². The van der Waals surface area contributed by atoms with Crippen molar-refractivity contribution in [1.29, 1.82) is 0 Å². The summed E-state index contributed by atoms with van der Waals surface area (Å²) >= 11 is 0. The van der Waals surface area contributed by atoms with Gasteiger partial charge in [-0.2, -0.15) is 0 Å². The number of benzene rings is 1. The van der Waals surface area contributed by atoms with Crippen molar-refractivity contribution in [3.8, 4) is 5.75 Å². The third-order valence-electron chi connectivity index (χ3n) is 3.15. The Morgan fingerprint density at radius 2 is 2.27 bits per heavy atom. The lowest BCUT2D eigenvalue weighted by molar-refractivity contribution is 0.464. The lowest BCUT2D eigenvalue weighted by Gasteiger charge is -2.21. The summed E-state index contributed by atoms with van der Waals surface area (Å²) in [5.41, 5.74) is 4.19. The quantitative estimate of drug-likeness (QED) is 0.621. The van der Waals surface area contributed by atoms with Crippen LogP contribution in [-0.2, 0) is 12.8 Å². The molecule has 1 aromatic carbocycles. The van der Waals surface area contributed by atoms with E-state index in [2.05, 4.69) is 37.3 Å². The average molecular weight is 198 g/mol. The largest absolute Gasteiger partial charge is 0.465 e. The van der Waals surface area contributed by atoms with Crippen LogP contribution in [0, 0.1) is 5.92 Å². The highest BCUT2D eigenvalue weighted by Crippen LogP contribution is 2.33. The van der Waals surface area contributed by atoms with E-state index in [0.717, 1.165) is 18.6 Å². The van der Waals surface area contributed by atoms with Crippen molar-refractivity contribution < 1.29 is 4.74 Å². The second-order valence-electron chi connectivity index (χ2n) is 4.35. The third-order valence-corrected chi connectivity index (χ3v) is 3.15. The summed E-state index contributed by atoms with van der Waals surface area (Å²) < 4.78 is 5.50. The average Bonchev–Trinajstić information content (AvgIpc) is 2.28. The fourth-order valence-corrected chi connectivity index (χ4v) is 2.36. The zero-order chi connectivity index (χ0) is 10.3. The monoisotopic (exact) mass is 198 g/mol. The predicted molar refractivity (Wildman–Crippen MR) is 61.8 cm³/mol. The Morgan fingerprint density at radius 1 is 1.33 bits per heavy atom. The minimum absolute atomic E-state index is 0.663. The number of hydrogen-bond acceptors (Lipinski definition) is 1. The Labute approximate surface area is 90.1 Å². The molecule has 1 aromatic rings. The molecule has 3 rings (SSSR count). The van der Waals surface area contributed by atoms with Crippen LogP contribution in [0.4, 0.5) is 0 Å². The Bertz CT molecular complexity index is 455. The smallest absolute Gasteiger partial charge is 0.130 e. The van der Waals surface area contributed by atoms with Crippen LogP contribution in [-0.4, -0.2) is 0 Å². The molecule has 0 saturated carbocycles. The molecule has 0 amide bonds. The molecule has 1 heteroatoms. The summed E-state index contributed by atoms with van der Waals surface area (Å²) in [5.74, 6) is 1.69. The van der Waals surface area contributed by atoms with Crippen LogP contribution >= 0.6 is 0 Å². The highest BCUT2D eigenvalue weighted by atomic mass is 16.5. The van der Waals surface area contributed by atoms with Crippen LogP contribution in [0.5, 0.6) is 5.75 Å². The summed E-state index contributed by atoms with van der Waals surface area (Å²) in [6.07, 6.45) is 10.6. The van der Waals surface area contributed by atoms with E-state index in [1.165, 1.54) is 16.7 Å². The molecule has 76 valence electrons. The summed E-state index contributed by atoms with van der Waals surface area (Å²) in [5, 5.41) is 0. The van der Waals surface area contributed by atoms with Gasteiger partial charge < -0.3 is 4.74 Å². The molecule has 0 bridgehead atoms. The van der Waals surface area contributed by atoms with E-state index in [-0.39, 0.29) is 0 Å². The Morgan fingerprint density at radius 3 is 3.20 bits per heavy atom. The normalized spacial score (nSPS) is 21.8. The van der Waals surface area contributed by atoms with Crippen LogP contribution in [0.2, 0.25) is 0 Å². The molecular formula is C14H14O. The molecule has 0 radical (unpaired) electrons. The summed E-state index contributed by atoms with van der Waals surface area (Å²) in [7, 11) is 0. The number of fused-ring (bicyclic) bond motifs is 3. The van der Waals surface area contributed by atoms with Gasteiger partial charge in [-0.3, -0.25) is 0 Å². The SMILES string of the molecule is CC1C=Cc2c(ccc3c2CC=CO3)C1. The molecule has 1 atom stereocenters. The maximum atomic E-state index is 5.50. The lowest BCUT2D eigenvalue weighted by Crippen LogP contribution is -2.08. The van der Waals surface area contributed by atoms with Gasteiger partial charge in [-0.25, -0.2) is 0 Å². The van der Waals surface area contributed by atoms with Crippen molar-refractivity contribution in [3.05, 3.63) is 47.2 Å². The van der Waals surface area contributed by atoms with Gasteiger partial charge in [-0.05, 0) is 42.0 Å². The molecule has 2 aliphatic rings. The first-order valence-corrected chi connectivity index (χ1v) is 5.49. The number of ether oxygens (including phenoxy) is 1. The zero-order valence-corrected chi connectivity index (χ0v) is 8.86. The first-order valence-electron chi connectivity index (χ1n) is 5.49. The molecule has 1 unspecified atom stereocenters. The van der Waals surface area contributed by atoms with Crippen molar-refractivity contribution in [3.63, 3.8) is 0 Å². The van der Waals surface area contributed by atoms with E-state index in [1.807, 2.05) is 0 Å². The molecule has 0 fully saturated rings. The maximum absolute atomic E-state index is 5.50. The van der Waals surface area contributed by atoms with Crippen molar-refractivity contribution in [1.82, 2.24) is 0 Å². The lowest BCUT2D eigenvalue weighted by atomic mass is 9.86. The highest BCUT2D eigenvalue weighted by Gasteiger charge is 2.17. The topological polar surface area (TPSA) is 9.23 Å². The maximum Gasteiger partial charge on any atom is 0.130 e. The zero-order valence-electron chi connectivity index (χ0n) is 8.86. The first-order chi connectivity index (χ1) is 7.34. The van der Waals surface area contributed by atoms with Gasteiger partial charge in [0.15, 0.2) is 0 Å². The summed E-state index contributed by atoms with van der Waals surface area (Å²) in [6, 6.07) is 4.30. The van der Waals surface area contributed by atoms with Crippen molar-refractivity contribution in [2.24, 2.45) is 5.92 Å². The molecule has 1 heterocycles. The van der Waals surface area contributed by atoms with Gasteiger partial charge in [-0.15, -0.1) is 0 Å². The Balaban J connectivity index is 2.15. The van der Waals surface area contributed by atoms with Gasteiger partial charge in [0.05, 0.1) is 6.26 Å². The number of allylic oxidation sites excluding steroid dienone is 2. The first kappa shape index (κ1) is 8.78. The van der Waals surface area contributed by atoms with Crippen LogP contribution in [0.1, 0.15) is 23.6 Å². The van der Waals surface area contributed by atoms with E-state index >= 15 is 0 Å². The van der Waals surface area contributed by atoms with Gasteiger partial charge >= 0.3 is 0 Å². The second-order valence-corrected chi connectivity index (χ2v) is 4.35. The minimum atomic E-state index is 0.663. The highest BCUT2D eigenvalue weighted by molar-refractivity contribution is 5.65. The minimum Gasteiger partial charge on any atom is -0.465 e. The van der Waals surface area contributed by atoms with Gasteiger partial charge in [0.1, 0.15) is 5.75 Å². The molecule has 1 aliphatic carbocycles. The molecule has 0 aromatic heterocycles. The molecule has 0 N–H and O–H groups in total. The van der Waals surface area contributed by atoms with Gasteiger partial charge in [-0.1, -0.05) is 25.1 Å². The van der Waals surface area contributed by atoms with Crippen LogP contribution in [0.3, 0.4) is 0 Å². The van der Waals surface area contributed by atoms with E-state index in [0.29, 0.717) is 5.92 Å². The number of hydrogen-bond donors (Lipinski definition) is 0.